The topological polar surface area (TPSA) is 115 Å². The summed E-state index contributed by atoms with van der Waals surface area (Å²) in [6.07, 6.45) is 1.18. The van der Waals surface area contributed by atoms with E-state index in [2.05, 4.69) is 31.8 Å². The molecule has 0 radical (unpaired) electrons. The second-order valence-corrected chi connectivity index (χ2v) is 6.09. The Bertz CT molecular complexity index is 855. The maximum absolute atomic E-state index is 11.8. The number of hydrazone groups is 1. The Morgan fingerprint density at radius 2 is 1.85 bits per heavy atom. The fourth-order valence-corrected chi connectivity index (χ4v) is 2.37. The van der Waals surface area contributed by atoms with Crippen LogP contribution < -0.4 is 20.2 Å². The van der Waals surface area contributed by atoms with Gasteiger partial charge in [0, 0.05) is 10.2 Å². The molecule has 2 N–H and O–H groups in total. The average molecular weight is 437 g/mol. The Hall–Kier alpha value is -3.14. The van der Waals surface area contributed by atoms with E-state index < -0.39 is 10.8 Å². The van der Waals surface area contributed by atoms with Gasteiger partial charge in [-0.15, -0.1) is 0 Å². The molecule has 142 valence electrons. The van der Waals surface area contributed by atoms with E-state index in [1.54, 1.807) is 0 Å². The third-order valence-corrected chi connectivity index (χ3v) is 3.95. The minimum absolute atomic E-state index is 0.00695. The van der Waals surface area contributed by atoms with Gasteiger partial charge < -0.3 is 14.8 Å². The number of benzene rings is 2. The van der Waals surface area contributed by atoms with Crippen LogP contribution in [0.3, 0.4) is 0 Å². The zero-order valence-electron chi connectivity index (χ0n) is 14.6. The first kappa shape index (κ1) is 20.2. The maximum atomic E-state index is 11.8. The number of anilines is 1. The second kappa shape index (κ2) is 9.53. The Kier molecular flexibility index (Phi) is 7.12. The molecule has 0 unspecified atom stereocenters. The van der Waals surface area contributed by atoms with Crippen molar-refractivity contribution in [3.05, 3.63) is 56.5 Å². The van der Waals surface area contributed by atoms with Crippen molar-refractivity contribution in [3.8, 4) is 11.5 Å². The molecule has 0 aliphatic rings. The van der Waals surface area contributed by atoms with Crippen molar-refractivity contribution in [3.63, 3.8) is 0 Å². The molecule has 1 amide bonds. The van der Waals surface area contributed by atoms with Crippen LogP contribution in [0.25, 0.3) is 0 Å². The molecule has 27 heavy (non-hydrogen) atoms. The number of carbonyl (C=O) groups excluding carboxylic acids is 1. The van der Waals surface area contributed by atoms with E-state index in [1.807, 2.05) is 24.3 Å². The number of nitro benzene ring substituents is 1. The van der Waals surface area contributed by atoms with Gasteiger partial charge in [-0.05, 0) is 30.3 Å². The van der Waals surface area contributed by atoms with Gasteiger partial charge in [-0.25, -0.2) is 5.43 Å². The van der Waals surface area contributed by atoms with Crippen LogP contribution in [0.15, 0.2) is 46.0 Å². The van der Waals surface area contributed by atoms with Crippen molar-refractivity contribution in [1.29, 1.82) is 0 Å². The Morgan fingerprint density at radius 1 is 1.22 bits per heavy atom. The first-order valence-corrected chi connectivity index (χ1v) is 8.45. The van der Waals surface area contributed by atoms with Gasteiger partial charge in [0.25, 0.3) is 11.6 Å². The lowest BCUT2D eigenvalue weighted by Gasteiger charge is -2.08. The van der Waals surface area contributed by atoms with Crippen LogP contribution >= 0.6 is 15.9 Å². The molecule has 0 aliphatic carbocycles. The number of nitro groups is 1. The molecule has 9 nitrogen and oxygen atoms in total. The molecule has 2 aromatic carbocycles. The summed E-state index contributed by atoms with van der Waals surface area (Å²) < 4.78 is 11.1. The van der Waals surface area contributed by atoms with Gasteiger partial charge in [0.05, 0.1) is 43.5 Å². The highest BCUT2D eigenvalue weighted by molar-refractivity contribution is 9.10. The van der Waals surface area contributed by atoms with E-state index >= 15 is 0 Å². The molecule has 0 bridgehead atoms. The van der Waals surface area contributed by atoms with E-state index in [-0.39, 0.29) is 23.5 Å². The lowest BCUT2D eigenvalue weighted by Crippen LogP contribution is -2.25. The van der Waals surface area contributed by atoms with E-state index in [4.69, 9.17) is 9.47 Å². The fourth-order valence-electron chi connectivity index (χ4n) is 2.11. The number of halogens is 1. The molecule has 0 fully saturated rings. The number of methoxy groups -OCH3 is 2. The van der Waals surface area contributed by atoms with Crippen LogP contribution in [-0.4, -0.2) is 37.8 Å². The molecule has 10 heteroatoms. The minimum Gasteiger partial charge on any atom is -0.493 e. The van der Waals surface area contributed by atoms with Crippen LogP contribution in [0.4, 0.5) is 11.4 Å². The second-order valence-electron chi connectivity index (χ2n) is 5.18. The maximum Gasteiger partial charge on any atom is 0.282 e. The quantitative estimate of drug-likeness (QED) is 0.373. The monoisotopic (exact) mass is 436 g/mol. The molecule has 0 aliphatic heterocycles. The van der Waals surface area contributed by atoms with Crippen molar-refractivity contribution in [1.82, 2.24) is 5.43 Å². The standard InChI is InChI=1S/C17H17BrN4O5/c1-26-15-7-11(14(22(24)25)8-16(15)27-2)9-20-21-17(23)10-19-13-5-3-12(18)4-6-13/h3-9,19H,10H2,1-2H3,(H,21,23)/b20-9-. The van der Waals surface area contributed by atoms with Crippen LogP contribution in [0.2, 0.25) is 0 Å². The molecule has 0 saturated carbocycles. The third kappa shape index (κ3) is 5.68. The summed E-state index contributed by atoms with van der Waals surface area (Å²) in [7, 11) is 2.80. The van der Waals surface area contributed by atoms with Crippen molar-refractivity contribution in [2.24, 2.45) is 5.10 Å². The SMILES string of the molecule is COc1cc(/C=N\NC(=O)CNc2ccc(Br)cc2)c([N+](=O)[O-])cc1OC. The lowest BCUT2D eigenvalue weighted by molar-refractivity contribution is -0.385. The molecular weight excluding hydrogens is 420 g/mol. The molecule has 0 atom stereocenters. The van der Waals surface area contributed by atoms with Crippen molar-refractivity contribution in [2.75, 3.05) is 26.1 Å². The smallest absolute Gasteiger partial charge is 0.282 e. The summed E-state index contributed by atoms with van der Waals surface area (Å²) in [6.45, 7) is -0.00695. The molecule has 2 rings (SSSR count). The number of carbonyl (C=O) groups is 1. The highest BCUT2D eigenvalue weighted by Gasteiger charge is 2.18. The van der Waals surface area contributed by atoms with Gasteiger partial charge in [0.1, 0.15) is 0 Å². The highest BCUT2D eigenvalue weighted by Crippen LogP contribution is 2.33. The number of ether oxygens (including phenoxy) is 2. The Morgan fingerprint density at radius 3 is 2.44 bits per heavy atom. The summed E-state index contributed by atoms with van der Waals surface area (Å²) in [6, 6.07) is 9.95. The summed E-state index contributed by atoms with van der Waals surface area (Å²) in [5.74, 6) is 0.133. The van der Waals surface area contributed by atoms with Crippen LogP contribution in [0, 0.1) is 10.1 Å². The van der Waals surface area contributed by atoms with E-state index in [1.165, 1.54) is 32.6 Å². The van der Waals surface area contributed by atoms with Crippen LogP contribution in [-0.2, 0) is 4.79 Å². The normalized spacial score (nSPS) is 10.5. The van der Waals surface area contributed by atoms with Gasteiger partial charge in [0.2, 0.25) is 0 Å². The first-order chi connectivity index (χ1) is 12.9. The van der Waals surface area contributed by atoms with Crippen molar-refractivity contribution in [2.45, 2.75) is 0 Å². The Balaban J connectivity index is 2.02. The molecule has 0 heterocycles. The van der Waals surface area contributed by atoms with E-state index in [0.29, 0.717) is 5.75 Å². The Labute approximate surface area is 163 Å². The van der Waals surface area contributed by atoms with Crippen LogP contribution in [0.1, 0.15) is 5.56 Å². The summed E-state index contributed by atoms with van der Waals surface area (Å²) in [5, 5.41) is 17.9. The molecule has 2 aromatic rings. The number of amides is 1. The average Bonchev–Trinajstić information content (AvgIpc) is 2.66. The number of nitrogens with one attached hydrogen (secondary N) is 2. The number of rotatable bonds is 8. The number of nitrogens with zero attached hydrogens (tertiary/aromatic N) is 2. The third-order valence-electron chi connectivity index (χ3n) is 3.42. The largest absolute Gasteiger partial charge is 0.493 e. The summed E-state index contributed by atoms with van der Waals surface area (Å²) >= 11 is 3.33. The van der Waals surface area contributed by atoms with Gasteiger partial charge in [-0.3, -0.25) is 14.9 Å². The first-order valence-electron chi connectivity index (χ1n) is 7.66. The molecule has 0 spiro atoms. The van der Waals surface area contributed by atoms with E-state index in [0.717, 1.165) is 10.2 Å². The minimum atomic E-state index is -0.569. The van der Waals surface area contributed by atoms with Gasteiger partial charge >= 0.3 is 0 Å². The number of hydrogen-bond donors (Lipinski definition) is 2. The predicted molar refractivity (Wildman–Crippen MR) is 105 cm³/mol. The van der Waals surface area contributed by atoms with Gasteiger partial charge in [-0.1, -0.05) is 15.9 Å². The fraction of sp³-hybridized carbons (Fsp3) is 0.176. The van der Waals surface area contributed by atoms with Crippen molar-refractivity contribution >= 4 is 39.4 Å². The molecule has 0 saturated heterocycles. The number of hydrogen-bond acceptors (Lipinski definition) is 7. The van der Waals surface area contributed by atoms with Crippen molar-refractivity contribution < 1.29 is 19.2 Å². The van der Waals surface area contributed by atoms with Crippen LogP contribution in [0.5, 0.6) is 11.5 Å². The zero-order valence-corrected chi connectivity index (χ0v) is 16.1. The zero-order chi connectivity index (χ0) is 19.8. The highest BCUT2D eigenvalue weighted by atomic mass is 79.9. The summed E-state index contributed by atoms with van der Waals surface area (Å²) in [5.41, 5.74) is 3.02. The molecular formula is C17H17BrN4O5. The van der Waals surface area contributed by atoms with Gasteiger partial charge in [0.15, 0.2) is 11.5 Å². The lowest BCUT2D eigenvalue weighted by atomic mass is 10.1. The predicted octanol–water partition coefficient (Wildman–Crippen LogP) is 2.94. The molecule has 0 aromatic heterocycles. The summed E-state index contributed by atoms with van der Waals surface area (Å²) in [4.78, 5) is 22.5. The van der Waals surface area contributed by atoms with Gasteiger partial charge in [-0.2, -0.15) is 5.10 Å². The van der Waals surface area contributed by atoms with E-state index in [9.17, 15) is 14.9 Å².